The first-order valence-corrected chi connectivity index (χ1v) is 6.78. The van der Waals surface area contributed by atoms with E-state index < -0.39 is 0 Å². The van der Waals surface area contributed by atoms with E-state index in [0.717, 1.165) is 19.4 Å². The molecule has 0 atom stereocenters. The Bertz CT molecular complexity index is 542. The highest BCUT2D eigenvalue weighted by Gasteiger charge is 2.08. The first kappa shape index (κ1) is 12.7. The van der Waals surface area contributed by atoms with Gasteiger partial charge < -0.3 is 10.5 Å². The van der Waals surface area contributed by atoms with Gasteiger partial charge in [-0.1, -0.05) is 15.9 Å². The summed E-state index contributed by atoms with van der Waals surface area (Å²) in [5, 5.41) is 4.23. The minimum absolute atomic E-state index is 0.618. The molecule has 1 heterocycles. The van der Waals surface area contributed by atoms with Crippen molar-refractivity contribution in [1.29, 1.82) is 0 Å². The van der Waals surface area contributed by atoms with Crippen molar-refractivity contribution >= 4 is 44.3 Å². The third-order valence-corrected chi connectivity index (χ3v) is 4.01. The van der Waals surface area contributed by atoms with Gasteiger partial charge in [0.05, 0.1) is 23.4 Å². The fraction of sp³-hybridized carbons (Fsp3) is 0.182. The van der Waals surface area contributed by atoms with E-state index in [-0.39, 0.29) is 0 Å². The number of nitrogen functional groups attached to an aromatic ring is 1. The van der Waals surface area contributed by atoms with Crippen LogP contribution in [0.4, 0.5) is 5.82 Å². The van der Waals surface area contributed by atoms with Gasteiger partial charge in [0.15, 0.2) is 0 Å². The van der Waals surface area contributed by atoms with Gasteiger partial charge in [-0.3, -0.25) is 0 Å². The molecule has 90 valence electrons. The van der Waals surface area contributed by atoms with E-state index in [1.165, 1.54) is 0 Å². The molecule has 0 bridgehead atoms. The van der Waals surface area contributed by atoms with Gasteiger partial charge in [0, 0.05) is 4.47 Å². The topological polar surface area (TPSA) is 53.1 Å². The molecule has 0 spiro atoms. The summed E-state index contributed by atoms with van der Waals surface area (Å²) in [7, 11) is 1.65. The van der Waals surface area contributed by atoms with Gasteiger partial charge in [-0.25, -0.2) is 4.68 Å². The highest BCUT2D eigenvalue weighted by Crippen LogP contribution is 2.24. The Kier molecular flexibility index (Phi) is 3.93. The molecule has 0 aliphatic heterocycles. The lowest BCUT2D eigenvalue weighted by Crippen LogP contribution is -2.07. The second kappa shape index (κ2) is 5.26. The Labute approximate surface area is 121 Å². The van der Waals surface area contributed by atoms with Crippen LogP contribution in [0.1, 0.15) is 5.56 Å². The number of rotatable bonds is 3. The Morgan fingerprint density at radius 2 is 2.29 bits per heavy atom. The van der Waals surface area contributed by atoms with Crippen molar-refractivity contribution in [2.75, 3.05) is 12.8 Å². The summed E-state index contributed by atoms with van der Waals surface area (Å²) < 4.78 is 8.94. The van der Waals surface area contributed by atoms with Crippen LogP contribution in [0.5, 0.6) is 5.75 Å². The summed E-state index contributed by atoms with van der Waals surface area (Å²) in [4.78, 5) is 0. The molecule has 1 aromatic carbocycles. The van der Waals surface area contributed by atoms with Crippen molar-refractivity contribution in [1.82, 2.24) is 9.78 Å². The van der Waals surface area contributed by atoms with Gasteiger partial charge in [-0.15, -0.1) is 0 Å². The minimum Gasteiger partial charge on any atom is -0.497 e. The molecule has 1 aromatic heterocycles. The third kappa shape index (κ3) is 2.74. The summed E-state index contributed by atoms with van der Waals surface area (Å²) in [6, 6.07) is 5.83. The molecule has 4 nitrogen and oxygen atoms in total. The molecule has 0 amide bonds. The normalized spacial score (nSPS) is 10.5. The number of nitrogens with zero attached hydrogens (tertiary/aromatic N) is 2. The first-order chi connectivity index (χ1) is 8.11. The van der Waals surface area contributed by atoms with Crippen LogP contribution < -0.4 is 10.5 Å². The summed E-state index contributed by atoms with van der Waals surface area (Å²) in [6.45, 7) is 0.618. The average Bonchev–Trinajstić information content (AvgIpc) is 2.64. The van der Waals surface area contributed by atoms with E-state index in [1.54, 1.807) is 18.0 Å². The lowest BCUT2D eigenvalue weighted by Gasteiger charge is -2.08. The number of methoxy groups -OCH3 is 1. The quantitative estimate of drug-likeness (QED) is 0.796. The van der Waals surface area contributed by atoms with Crippen LogP contribution in [-0.2, 0) is 6.54 Å². The van der Waals surface area contributed by atoms with E-state index in [9.17, 15) is 0 Å². The molecule has 0 aliphatic rings. The number of benzene rings is 1. The molecule has 0 saturated heterocycles. The standard InChI is InChI=1S/C11H11BrIN3O/c1-17-8-2-3-9(12)7(4-8)6-16-11(14)10(13)5-15-16/h2-5H,6,14H2,1H3. The van der Waals surface area contributed by atoms with Crippen LogP contribution in [0.25, 0.3) is 0 Å². The number of ether oxygens (including phenoxy) is 1. The monoisotopic (exact) mass is 407 g/mol. The largest absolute Gasteiger partial charge is 0.497 e. The van der Waals surface area contributed by atoms with Crippen molar-refractivity contribution in [3.05, 3.63) is 38.0 Å². The summed E-state index contributed by atoms with van der Waals surface area (Å²) in [6.07, 6.45) is 1.75. The number of aromatic nitrogens is 2. The second-order valence-corrected chi connectivity index (χ2v) is 5.51. The number of hydrogen-bond acceptors (Lipinski definition) is 3. The van der Waals surface area contributed by atoms with Crippen molar-refractivity contribution in [2.45, 2.75) is 6.54 Å². The average molecular weight is 408 g/mol. The molecule has 17 heavy (non-hydrogen) atoms. The first-order valence-electron chi connectivity index (χ1n) is 4.91. The van der Waals surface area contributed by atoms with Crippen LogP contribution in [-0.4, -0.2) is 16.9 Å². The molecular weight excluding hydrogens is 397 g/mol. The molecule has 0 saturated carbocycles. The molecular formula is C11H11BrIN3O. The van der Waals surface area contributed by atoms with Gasteiger partial charge in [-0.05, 0) is 46.4 Å². The van der Waals surface area contributed by atoms with Crippen LogP contribution >= 0.6 is 38.5 Å². The number of nitrogens with two attached hydrogens (primary N) is 1. The highest BCUT2D eigenvalue weighted by molar-refractivity contribution is 14.1. The molecule has 0 unspecified atom stereocenters. The van der Waals surface area contributed by atoms with E-state index >= 15 is 0 Å². The molecule has 0 radical (unpaired) electrons. The fourth-order valence-corrected chi connectivity index (χ4v) is 2.23. The van der Waals surface area contributed by atoms with Gasteiger partial charge in [0.1, 0.15) is 11.6 Å². The van der Waals surface area contributed by atoms with E-state index in [4.69, 9.17) is 10.5 Å². The molecule has 2 aromatic rings. The maximum absolute atomic E-state index is 5.92. The van der Waals surface area contributed by atoms with Crippen molar-refractivity contribution < 1.29 is 4.74 Å². The Hall–Kier alpha value is -0.760. The zero-order valence-corrected chi connectivity index (χ0v) is 12.9. The second-order valence-electron chi connectivity index (χ2n) is 3.49. The van der Waals surface area contributed by atoms with Crippen LogP contribution in [0, 0.1) is 3.57 Å². The van der Waals surface area contributed by atoms with Gasteiger partial charge >= 0.3 is 0 Å². The third-order valence-electron chi connectivity index (χ3n) is 2.41. The number of anilines is 1. The predicted molar refractivity (Wildman–Crippen MR) is 79.2 cm³/mol. The van der Waals surface area contributed by atoms with E-state index in [0.29, 0.717) is 12.4 Å². The smallest absolute Gasteiger partial charge is 0.135 e. The van der Waals surface area contributed by atoms with Crippen molar-refractivity contribution in [2.24, 2.45) is 0 Å². The Morgan fingerprint density at radius 1 is 1.53 bits per heavy atom. The maximum Gasteiger partial charge on any atom is 0.135 e. The maximum atomic E-state index is 5.92. The van der Waals surface area contributed by atoms with Crippen LogP contribution in [0.15, 0.2) is 28.9 Å². The van der Waals surface area contributed by atoms with Gasteiger partial charge in [0.25, 0.3) is 0 Å². The number of halogens is 2. The van der Waals surface area contributed by atoms with Crippen molar-refractivity contribution in [3.8, 4) is 5.75 Å². The highest BCUT2D eigenvalue weighted by atomic mass is 127. The van der Waals surface area contributed by atoms with Crippen LogP contribution in [0.2, 0.25) is 0 Å². The SMILES string of the molecule is COc1ccc(Br)c(Cn2ncc(I)c2N)c1. The lowest BCUT2D eigenvalue weighted by atomic mass is 10.2. The summed E-state index contributed by atoms with van der Waals surface area (Å²) in [5.74, 6) is 1.50. The molecule has 0 aliphatic carbocycles. The Morgan fingerprint density at radius 3 is 2.88 bits per heavy atom. The molecule has 2 N–H and O–H groups in total. The fourth-order valence-electron chi connectivity index (χ4n) is 1.46. The lowest BCUT2D eigenvalue weighted by molar-refractivity contribution is 0.414. The molecule has 0 fully saturated rings. The zero-order chi connectivity index (χ0) is 12.4. The minimum atomic E-state index is 0.618. The van der Waals surface area contributed by atoms with E-state index in [1.807, 2.05) is 18.2 Å². The summed E-state index contributed by atoms with van der Waals surface area (Å²) >= 11 is 5.68. The van der Waals surface area contributed by atoms with Gasteiger partial charge in [0.2, 0.25) is 0 Å². The zero-order valence-electron chi connectivity index (χ0n) is 9.15. The number of hydrogen-bond donors (Lipinski definition) is 1. The van der Waals surface area contributed by atoms with E-state index in [2.05, 4.69) is 43.6 Å². The summed E-state index contributed by atoms with van der Waals surface area (Å²) in [5.41, 5.74) is 7.00. The Balaban J connectivity index is 2.32. The molecule has 2 rings (SSSR count). The van der Waals surface area contributed by atoms with Crippen LogP contribution in [0.3, 0.4) is 0 Å². The van der Waals surface area contributed by atoms with Gasteiger partial charge in [-0.2, -0.15) is 5.10 Å². The molecule has 6 heteroatoms. The predicted octanol–water partition coefficient (Wildman–Crippen LogP) is 2.89. The van der Waals surface area contributed by atoms with Crippen molar-refractivity contribution in [3.63, 3.8) is 0 Å².